The van der Waals surface area contributed by atoms with Crippen LogP contribution in [0.4, 0.5) is 0 Å². The van der Waals surface area contributed by atoms with Crippen molar-refractivity contribution in [1.82, 2.24) is 0 Å². The lowest BCUT2D eigenvalue weighted by Gasteiger charge is -2.09. The summed E-state index contributed by atoms with van der Waals surface area (Å²) in [7, 11) is 0. The molecule has 0 rings (SSSR count). The van der Waals surface area contributed by atoms with Gasteiger partial charge in [-0.25, -0.2) is 0 Å². The van der Waals surface area contributed by atoms with Gasteiger partial charge in [-0.3, -0.25) is 0 Å². The molecule has 60 valence electrons. The second kappa shape index (κ2) is 4.51. The van der Waals surface area contributed by atoms with E-state index < -0.39 is 0 Å². The third-order valence-corrected chi connectivity index (χ3v) is 1.77. The summed E-state index contributed by atoms with van der Waals surface area (Å²) in [5.74, 6) is 1.36. The van der Waals surface area contributed by atoms with E-state index in [1.165, 1.54) is 0 Å². The zero-order valence-electron chi connectivity index (χ0n) is 7.46. The summed E-state index contributed by atoms with van der Waals surface area (Å²) in [5.41, 5.74) is 5.55. The van der Waals surface area contributed by atoms with Crippen molar-refractivity contribution in [2.45, 2.75) is 33.7 Å². The second-order valence-corrected chi connectivity index (χ2v) is 3.35. The third-order valence-electron chi connectivity index (χ3n) is 1.77. The summed E-state index contributed by atoms with van der Waals surface area (Å²) >= 11 is 0. The maximum absolute atomic E-state index is 5.55. The minimum Gasteiger partial charge on any atom is -0.325 e. The monoisotopic (exact) mass is 141 g/mol. The molecule has 1 heteroatoms. The summed E-state index contributed by atoms with van der Waals surface area (Å²) in [6.45, 7) is 8.64. The van der Waals surface area contributed by atoms with Gasteiger partial charge in [0.15, 0.2) is 0 Å². The van der Waals surface area contributed by atoms with Crippen LogP contribution in [0, 0.1) is 11.8 Å². The molecule has 0 saturated carbocycles. The zero-order chi connectivity index (χ0) is 8.15. The molecular formula is C9H19N. The van der Waals surface area contributed by atoms with Crippen molar-refractivity contribution in [3.05, 3.63) is 12.2 Å². The molecule has 2 N–H and O–H groups in total. The Labute approximate surface area is 64.3 Å². The molecule has 0 amide bonds. The van der Waals surface area contributed by atoms with E-state index in [4.69, 9.17) is 5.73 Å². The predicted molar refractivity (Wildman–Crippen MR) is 46.8 cm³/mol. The minimum absolute atomic E-state index is 0.196. The zero-order valence-corrected chi connectivity index (χ0v) is 7.46. The molecule has 0 radical (unpaired) electrons. The number of hydrogen-bond acceptors (Lipinski definition) is 1. The maximum Gasteiger partial charge on any atom is 0.0194 e. The number of rotatable bonds is 3. The van der Waals surface area contributed by atoms with Crippen molar-refractivity contribution in [2.24, 2.45) is 17.6 Å². The van der Waals surface area contributed by atoms with Gasteiger partial charge in [0.1, 0.15) is 0 Å². The van der Waals surface area contributed by atoms with Crippen LogP contribution in [0.3, 0.4) is 0 Å². The largest absolute Gasteiger partial charge is 0.325 e. The Morgan fingerprint density at radius 3 is 1.80 bits per heavy atom. The number of nitrogens with two attached hydrogens (primary N) is 1. The number of hydrogen-bond donors (Lipinski definition) is 1. The molecule has 2 unspecified atom stereocenters. The highest BCUT2D eigenvalue weighted by atomic mass is 14.6. The van der Waals surface area contributed by atoms with E-state index in [1.807, 2.05) is 6.92 Å². The second-order valence-electron chi connectivity index (χ2n) is 3.35. The summed E-state index contributed by atoms with van der Waals surface area (Å²) < 4.78 is 0. The van der Waals surface area contributed by atoms with Gasteiger partial charge >= 0.3 is 0 Å². The molecule has 0 heterocycles. The normalized spacial score (nSPS) is 18.2. The molecule has 1 nitrogen and oxygen atoms in total. The molecule has 0 aromatic rings. The van der Waals surface area contributed by atoms with Crippen LogP contribution in [0.15, 0.2) is 12.2 Å². The maximum atomic E-state index is 5.55. The summed E-state index contributed by atoms with van der Waals surface area (Å²) in [4.78, 5) is 0. The Morgan fingerprint density at radius 1 is 1.00 bits per heavy atom. The lowest BCUT2D eigenvalue weighted by Crippen LogP contribution is -2.11. The Kier molecular flexibility index (Phi) is 4.37. The third kappa shape index (κ3) is 4.57. The molecule has 2 atom stereocenters. The smallest absolute Gasteiger partial charge is 0.0194 e. The van der Waals surface area contributed by atoms with E-state index in [-0.39, 0.29) is 6.04 Å². The standard InChI is InChI=1S/C9H19N/c1-7(2)8(3)5-6-9(4)10/h5-9H,10H2,1-4H3/b6-5+. The summed E-state index contributed by atoms with van der Waals surface area (Å²) in [5, 5.41) is 0. The van der Waals surface area contributed by atoms with E-state index in [0.29, 0.717) is 5.92 Å². The highest BCUT2D eigenvalue weighted by molar-refractivity contribution is 4.92. The Balaban J connectivity index is 3.66. The van der Waals surface area contributed by atoms with E-state index in [1.54, 1.807) is 0 Å². The van der Waals surface area contributed by atoms with Gasteiger partial charge in [0.25, 0.3) is 0 Å². The van der Waals surface area contributed by atoms with Crippen molar-refractivity contribution >= 4 is 0 Å². The average molecular weight is 141 g/mol. The van der Waals surface area contributed by atoms with Crippen molar-refractivity contribution < 1.29 is 0 Å². The lowest BCUT2D eigenvalue weighted by atomic mass is 9.97. The van der Waals surface area contributed by atoms with Crippen molar-refractivity contribution in [2.75, 3.05) is 0 Å². The summed E-state index contributed by atoms with van der Waals surface area (Å²) in [6, 6.07) is 0.196. The molecule has 0 bridgehead atoms. The highest BCUT2D eigenvalue weighted by Crippen LogP contribution is 2.10. The van der Waals surface area contributed by atoms with Gasteiger partial charge < -0.3 is 5.73 Å². The van der Waals surface area contributed by atoms with Crippen LogP contribution in [-0.4, -0.2) is 6.04 Å². The van der Waals surface area contributed by atoms with E-state index in [2.05, 4.69) is 32.9 Å². The molecule has 0 fully saturated rings. The van der Waals surface area contributed by atoms with Crippen LogP contribution >= 0.6 is 0 Å². The van der Waals surface area contributed by atoms with Gasteiger partial charge in [-0.15, -0.1) is 0 Å². The Bertz CT molecular complexity index is 103. The van der Waals surface area contributed by atoms with Gasteiger partial charge in [-0.2, -0.15) is 0 Å². The van der Waals surface area contributed by atoms with Crippen LogP contribution in [0.5, 0.6) is 0 Å². The Hall–Kier alpha value is -0.300. The van der Waals surface area contributed by atoms with E-state index >= 15 is 0 Å². The summed E-state index contributed by atoms with van der Waals surface area (Å²) in [6.07, 6.45) is 4.25. The molecule has 0 aliphatic carbocycles. The van der Waals surface area contributed by atoms with Gasteiger partial charge in [0.2, 0.25) is 0 Å². The molecule has 0 aliphatic heterocycles. The fourth-order valence-electron chi connectivity index (χ4n) is 0.573. The lowest BCUT2D eigenvalue weighted by molar-refractivity contribution is 0.502. The SMILES string of the molecule is CC(N)/C=C/C(C)C(C)C. The van der Waals surface area contributed by atoms with Crippen LogP contribution < -0.4 is 5.73 Å². The first-order chi connectivity index (χ1) is 4.54. The molecule has 0 aliphatic rings. The first kappa shape index (κ1) is 9.70. The quantitative estimate of drug-likeness (QED) is 0.599. The van der Waals surface area contributed by atoms with Crippen molar-refractivity contribution in [3.63, 3.8) is 0 Å². The van der Waals surface area contributed by atoms with E-state index in [9.17, 15) is 0 Å². The van der Waals surface area contributed by atoms with Crippen LogP contribution in [0.2, 0.25) is 0 Å². The minimum atomic E-state index is 0.196. The van der Waals surface area contributed by atoms with Crippen LogP contribution in [-0.2, 0) is 0 Å². The van der Waals surface area contributed by atoms with Gasteiger partial charge in [0.05, 0.1) is 0 Å². The van der Waals surface area contributed by atoms with E-state index in [0.717, 1.165) is 5.92 Å². The molecular weight excluding hydrogens is 122 g/mol. The van der Waals surface area contributed by atoms with Gasteiger partial charge in [-0.05, 0) is 18.8 Å². The van der Waals surface area contributed by atoms with Crippen LogP contribution in [0.1, 0.15) is 27.7 Å². The molecule has 0 aromatic carbocycles. The van der Waals surface area contributed by atoms with Gasteiger partial charge in [0, 0.05) is 6.04 Å². The van der Waals surface area contributed by atoms with Crippen molar-refractivity contribution in [1.29, 1.82) is 0 Å². The molecule has 0 saturated heterocycles. The Morgan fingerprint density at radius 2 is 1.50 bits per heavy atom. The predicted octanol–water partition coefficient (Wildman–Crippen LogP) is 2.18. The molecule has 0 aromatic heterocycles. The number of allylic oxidation sites excluding steroid dienone is 1. The fraction of sp³-hybridized carbons (Fsp3) is 0.778. The van der Waals surface area contributed by atoms with Gasteiger partial charge in [-0.1, -0.05) is 32.9 Å². The first-order valence-electron chi connectivity index (χ1n) is 3.98. The first-order valence-corrected chi connectivity index (χ1v) is 3.98. The molecule has 0 spiro atoms. The average Bonchev–Trinajstić information content (AvgIpc) is 1.82. The highest BCUT2D eigenvalue weighted by Gasteiger charge is 2.01. The topological polar surface area (TPSA) is 26.0 Å². The molecule has 10 heavy (non-hydrogen) atoms. The van der Waals surface area contributed by atoms with Crippen LogP contribution in [0.25, 0.3) is 0 Å². The fourth-order valence-corrected chi connectivity index (χ4v) is 0.573. The van der Waals surface area contributed by atoms with Crippen molar-refractivity contribution in [3.8, 4) is 0 Å².